The standard InChI is InChI=1S/C15H22O3/c1-11(2)18-10-13(16)9-12-7-8-17-15-6-4-3-5-14(12)15/h3-6,11-13,16H,7-10H2,1-2H3. The molecule has 1 heterocycles. The van der Waals surface area contributed by atoms with E-state index in [4.69, 9.17) is 9.47 Å². The number of aliphatic hydroxyl groups excluding tert-OH is 1. The Labute approximate surface area is 109 Å². The normalized spacial score (nSPS) is 20.3. The molecule has 0 fully saturated rings. The Morgan fingerprint density at radius 2 is 2.17 bits per heavy atom. The van der Waals surface area contributed by atoms with Crippen molar-refractivity contribution in [1.29, 1.82) is 0 Å². The molecule has 0 radical (unpaired) electrons. The Hall–Kier alpha value is -1.06. The van der Waals surface area contributed by atoms with E-state index >= 15 is 0 Å². The van der Waals surface area contributed by atoms with Crippen molar-refractivity contribution in [2.75, 3.05) is 13.2 Å². The molecule has 0 aliphatic carbocycles. The van der Waals surface area contributed by atoms with Crippen LogP contribution in [-0.2, 0) is 4.74 Å². The summed E-state index contributed by atoms with van der Waals surface area (Å²) in [6.45, 7) is 5.11. The summed E-state index contributed by atoms with van der Waals surface area (Å²) >= 11 is 0. The lowest BCUT2D eigenvalue weighted by atomic mass is 9.88. The Morgan fingerprint density at radius 1 is 1.39 bits per heavy atom. The second-order valence-corrected chi connectivity index (χ2v) is 5.14. The van der Waals surface area contributed by atoms with Gasteiger partial charge in [0.1, 0.15) is 5.75 Å². The van der Waals surface area contributed by atoms with E-state index in [0.29, 0.717) is 12.5 Å². The highest BCUT2D eigenvalue weighted by molar-refractivity contribution is 5.37. The van der Waals surface area contributed by atoms with Crippen molar-refractivity contribution in [3.05, 3.63) is 29.8 Å². The van der Waals surface area contributed by atoms with Gasteiger partial charge in [-0.3, -0.25) is 0 Å². The fraction of sp³-hybridized carbons (Fsp3) is 0.600. The van der Waals surface area contributed by atoms with Gasteiger partial charge in [0.25, 0.3) is 0 Å². The predicted molar refractivity (Wildman–Crippen MR) is 71.0 cm³/mol. The maximum atomic E-state index is 10.0. The van der Waals surface area contributed by atoms with Crippen molar-refractivity contribution in [1.82, 2.24) is 0 Å². The highest BCUT2D eigenvalue weighted by atomic mass is 16.5. The molecule has 0 saturated carbocycles. The smallest absolute Gasteiger partial charge is 0.122 e. The van der Waals surface area contributed by atoms with Crippen LogP contribution in [0.5, 0.6) is 5.75 Å². The van der Waals surface area contributed by atoms with Gasteiger partial charge in [-0.05, 0) is 44.2 Å². The Bertz CT molecular complexity index is 376. The van der Waals surface area contributed by atoms with E-state index < -0.39 is 6.10 Å². The van der Waals surface area contributed by atoms with Crippen molar-refractivity contribution in [3.63, 3.8) is 0 Å². The molecule has 0 spiro atoms. The first kappa shape index (κ1) is 13.4. The predicted octanol–water partition coefficient (Wildman–Crippen LogP) is 2.73. The van der Waals surface area contributed by atoms with E-state index in [2.05, 4.69) is 6.07 Å². The largest absolute Gasteiger partial charge is 0.493 e. The van der Waals surface area contributed by atoms with Crippen LogP contribution in [0.2, 0.25) is 0 Å². The number of fused-ring (bicyclic) bond motifs is 1. The molecule has 1 aromatic rings. The topological polar surface area (TPSA) is 38.7 Å². The molecule has 2 rings (SSSR count). The Morgan fingerprint density at radius 3 is 2.94 bits per heavy atom. The second kappa shape index (κ2) is 6.21. The molecular weight excluding hydrogens is 228 g/mol. The minimum absolute atomic E-state index is 0.168. The summed E-state index contributed by atoms with van der Waals surface area (Å²) in [6, 6.07) is 8.10. The zero-order chi connectivity index (χ0) is 13.0. The molecule has 100 valence electrons. The highest BCUT2D eigenvalue weighted by Crippen LogP contribution is 2.36. The van der Waals surface area contributed by atoms with Gasteiger partial charge < -0.3 is 14.6 Å². The molecule has 1 aliphatic heterocycles. The summed E-state index contributed by atoms with van der Waals surface area (Å²) in [5, 5.41) is 10.0. The van der Waals surface area contributed by atoms with Gasteiger partial charge >= 0.3 is 0 Å². The van der Waals surface area contributed by atoms with Gasteiger partial charge in [0, 0.05) is 0 Å². The van der Waals surface area contributed by atoms with E-state index in [-0.39, 0.29) is 6.10 Å². The molecule has 0 saturated heterocycles. The maximum Gasteiger partial charge on any atom is 0.122 e. The summed E-state index contributed by atoms with van der Waals surface area (Å²) < 4.78 is 11.1. The summed E-state index contributed by atoms with van der Waals surface area (Å²) in [5.74, 6) is 1.34. The molecule has 1 aliphatic rings. The number of rotatable bonds is 5. The van der Waals surface area contributed by atoms with Crippen LogP contribution in [-0.4, -0.2) is 30.5 Å². The minimum atomic E-state index is -0.399. The van der Waals surface area contributed by atoms with Crippen molar-refractivity contribution in [3.8, 4) is 5.75 Å². The molecule has 1 aromatic carbocycles. The molecule has 0 aromatic heterocycles. The lowest BCUT2D eigenvalue weighted by Gasteiger charge is -2.27. The van der Waals surface area contributed by atoms with Crippen LogP contribution in [0.1, 0.15) is 38.2 Å². The fourth-order valence-electron chi connectivity index (χ4n) is 2.36. The van der Waals surface area contributed by atoms with Crippen molar-refractivity contribution in [2.24, 2.45) is 0 Å². The fourth-order valence-corrected chi connectivity index (χ4v) is 2.36. The second-order valence-electron chi connectivity index (χ2n) is 5.14. The van der Waals surface area contributed by atoms with Gasteiger partial charge in [-0.15, -0.1) is 0 Å². The molecule has 0 bridgehead atoms. The number of benzene rings is 1. The van der Waals surface area contributed by atoms with Crippen LogP contribution in [0.3, 0.4) is 0 Å². The summed E-state index contributed by atoms with van der Waals surface area (Å²) in [4.78, 5) is 0. The third-order valence-corrected chi connectivity index (χ3v) is 3.26. The van der Waals surface area contributed by atoms with Crippen LogP contribution in [0.25, 0.3) is 0 Å². The molecule has 0 amide bonds. The lowest BCUT2D eigenvalue weighted by Crippen LogP contribution is -2.24. The molecule has 1 N–H and O–H groups in total. The number of aliphatic hydroxyl groups is 1. The highest BCUT2D eigenvalue weighted by Gasteiger charge is 2.23. The summed E-state index contributed by atoms with van der Waals surface area (Å²) in [6.07, 6.45) is 1.48. The summed E-state index contributed by atoms with van der Waals surface area (Å²) in [5.41, 5.74) is 1.22. The van der Waals surface area contributed by atoms with Crippen LogP contribution in [0, 0.1) is 0 Å². The van der Waals surface area contributed by atoms with Gasteiger partial charge in [0.2, 0.25) is 0 Å². The minimum Gasteiger partial charge on any atom is -0.493 e. The Balaban J connectivity index is 1.94. The maximum absolute atomic E-state index is 10.0. The average molecular weight is 250 g/mol. The van der Waals surface area contributed by atoms with E-state index in [1.54, 1.807) is 0 Å². The van der Waals surface area contributed by atoms with Gasteiger partial charge in [-0.1, -0.05) is 18.2 Å². The lowest BCUT2D eigenvalue weighted by molar-refractivity contribution is -0.00144. The van der Waals surface area contributed by atoms with Crippen LogP contribution >= 0.6 is 0 Å². The monoisotopic (exact) mass is 250 g/mol. The summed E-state index contributed by atoms with van der Waals surface area (Å²) in [7, 11) is 0. The number of para-hydroxylation sites is 1. The molecular formula is C15H22O3. The SMILES string of the molecule is CC(C)OCC(O)CC1CCOc2ccccc21. The van der Waals surface area contributed by atoms with Crippen LogP contribution in [0.15, 0.2) is 24.3 Å². The van der Waals surface area contributed by atoms with E-state index in [1.165, 1.54) is 5.56 Å². The average Bonchev–Trinajstić information content (AvgIpc) is 2.37. The molecule has 18 heavy (non-hydrogen) atoms. The third kappa shape index (κ3) is 3.47. The van der Waals surface area contributed by atoms with Gasteiger partial charge in [0.15, 0.2) is 0 Å². The van der Waals surface area contributed by atoms with Gasteiger partial charge in [-0.25, -0.2) is 0 Å². The zero-order valence-corrected chi connectivity index (χ0v) is 11.1. The first-order valence-corrected chi connectivity index (χ1v) is 6.68. The van der Waals surface area contributed by atoms with Gasteiger partial charge in [0.05, 0.1) is 25.4 Å². The van der Waals surface area contributed by atoms with Crippen LogP contribution < -0.4 is 4.74 Å². The van der Waals surface area contributed by atoms with E-state index in [1.807, 2.05) is 32.0 Å². The third-order valence-electron chi connectivity index (χ3n) is 3.26. The van der Waals surface area contributed by atoms with E-state index in [0.717, 1.165) is 25.2 Å². The molecule has 2 atom stereocenters. The number of hydrogen-bond donors (Lipinski definition) is 1. The molecule has 3 nitrogen and oxygen atoms in total. The first-order valence-electron chi connectivity index (χ1n) is 6.68. The van der Waals surface area contributed by atoms with Crippen molar-refractivity contribution in [2.45, 2.75) is 44.8 Å². The van der Waals surface area contributed by atoms with E-state index in [9.17, 15) is 5.11 Å². The zero-order valence-electron chi connectivity index (χ0n) is 11.1. The van der Waals surface area contributed by atoms with Crippen molar-refractivity contribution >= 4 is 0 Å². The van der Waals surface area contributed by atoms with Crippen LogP contribution in [0.4, 0.5) is 0 Å². The van der Waals surface area contributed by atoms with Crippen molar-refractivity contribution < 1.29 is 14.6 Å². The molecule has 3 heteroatoms. The Kier molecular flexibility index (Phi) is 4.61. The first-order chi connectivity index (χ1) is 8.66. The number of ether oxygens (including phenoxy) is 2. The van der Waals surface area contributed by atoms with Gasteiger partial charge in [-0.2, -0.15) is 0 Å². The number of hydrogen-bond acceptors (Lipinski definition) is 3. The molecule has 2 unspecified atom stereocenters. The quantitative estimate of drug-likeness (QED) is 0.873.